The van der Waals surface area contributed by atoms with Gasteiger partial charge in [0.05, 0.1) is 12.2 Å². The van der Waals surface area contributed by atoms with Gasteiger partial charge in [-0.2, -0.15) is 0 Å². The molecule has 1 rings (SSSR count). The van der Waals surface area contributed by atoms with Gasteiger partial charge in [0.25, 0.3) is 0 Å². The van der Waals surface area contributed by atoms with E-state index in [1.807, 2.05) is 47.6 Å². The average molecular weight is 280 g/mol. The zero-order chi connectivity index (χ0) is 15.7. The minimum Gasteiger partial charge on any atom is -0.508 e. The summed E-state index contributed by atoms with van der Waals surface area (Å²) in [7, 11) is 0. The molecular weight excluding hydrogens is 252 g/mol. The Morgan fingerprint density at radius 3 is 1.55 bits per heavy atom. The minimum atomic E-state index is -0.759. The Balaban J connectivity index is 3.33. The maximum Gasteiger partial charge on any atom is 0.119 e. The van der Waals surface area contributed by atoms with Crippen LogP contribution in [-0.4, -0.2) is 27.5 Å². The standard InChI is InChI=1S/C17H28O3/c1-16(2,3)14(19)13(15(20)17(4,5)6)11-9-7-8-10-12(11)18/h7-10,13-15,18-20H,1-6H3. The van der Waals surface area contributed by atoms with Crippen LogP contribution in [0.15, 0.2) is 24.3 Å². The summed E-state index contributed by atoms with van der Waals surface area (Å²) in [6.45, 7) is 11.6. The minimum absolute atomic E-state index is 0.115. The van der Waals surface area contributed by atoms with Crippen LogP contribution in [0.3, 0.4) is 0 Å². The predicted octanol–water partition coefficient (Wildman–Crippen LogP) is 3.29. The third kappa shape index (κ3) is 3.74. The SMILES string of the molecule is CC(C)(C)C(O)C(c1ccccc1O)C(O)C(C)(C)C. The third-order valence-electron chi connectivity index (χ3n) is 3.75. The van der Waals surface area contributed by atoms with Crippen molar-refractivity contribution in [1.29, 1.82) is 0 Å². The number of phenols is 1. The van der Waals surface area contributed by atoms with E-state index < -0.39 is 18.1 Å². The van der Waals surface area contributed by atoms with Gasteiger partial charge in [0.1, 0.15) is 5.75 Å². The highest BCUT2D eigenvalue weighted by molar-refractivity contribution is 5.37. The summed E-state index contributed by atoms with van der Waals surface area (Å²) >= 11 is 0. The van der Waals surface area contributed by atoms with Crippen molar-refractivity contribution >= 4 is 0 Å². The Bertz CT molecular complexity index is 420. The van der Waals surface area contributed by atoms with Gasteiger partial charge in [-0.1, -0.05) is 59.7 Å². The first kappa shape index (κ1) is 17.0. The van der Waals surface area contributed by atoms with E-state index in [0.717, 1.165) is 0 Å². The Kier molecular flexibility index (Phi) is 4.88. The summed E-state index contributed by atoms with van der Waals surface area (Å²) < 4.78 is 0. The van der Waals surface area contributed by atoms with Gasteiger partial charge in [-0.05, 0) is 16.9 Å². The second kappa shape index (κ2) is 5.74. The molecule has 0 radical (unpaired) electrons. The monoisotopic (exact) mass is 280 g/mol. The summed E-state index contributed by atoms with van der Waals surface area (Å²) in [5, 5.41) is 31.5. The summed E-state index contributed by atoms with van der Waals surface area (Å²) in [6.07, 6.45) is -1.52. The highest BCUT2D eigenvalue weighted by Crippen LogP contribution is 2.42. The molecule has 0 fully saturated rings. The number of aliphatic hydroxyl groups excluding tert-OH is 2. The highest BCUT2D eigenvalue weighted by atomic mass is 16.3. The van der Waals surface area contributed by atoms with Crippen molar-refractivity contribution in [1.82, 2.24) is 0 Å². The quantitative estimate of drug-likeness (QED) is 0.796. The van der Waals surface area contributed by atoms with Gasteiger partial charge in [0.2, 0.25) is 0 Å². The lowest BCUT2D eigenvalue weighted by Crippen LogP contribution is -2.43. The third-order valence-corrected chi connectivity index (χ3v) is 3.75. The highest BCUT2D eigenvalue weighted by Gasteiger charge is 2.41. The molecule has 2 unspecified atom stereocenters. The molecule has 0 saturated carbocycles. The Morgan fingerprint density at radius 2 is 1.20 bits per heavy atom. The van der Waals surface area contributed by atoms with Crippen LogP contribution in [0.2, 0.25) is 0 Å². The second-order valence-corrected chi connectivity index (χ2v) is 7.71. The van der Waals surface area contributed by atoms with Gasteiger partial charge in [-0.3, -0.25) is 0 Å². The van der Waals surface area contributed by atoms with E-state index in [9.17, 15) is 15.3 Å². The molecule has 0 aliphatic heterocycles. The van der Waals surface area contributed by atoms with E-state index in [1.54, 1.807) is 18.2 Å². The van der Waals surface area contributed by atoms with E-state index in [2.05, 4.69) is 0 Å². The maximum atomic E-state index is 10.7. The van der Waals surface area contributed by atoms with Crippen LogP contribution in [0.25, 0.3) is 0 Å². The van der Waals surface area contributed by atoms with E-state index in [1.165, 1.54) is 0 Å². The number of phenolic OH excluding ortho intramolecular Hbond substituents is 1. The number of hydrogen-bond acceptors (Lipinski definition) is 3. The molecule has 3 heteroatoms. The largest absolute Gasteiger partial charge is 0.508 e. The Hall–Kier alpha value is -1.06. The molecule has 0 heterocycles. The van der Waals surface area contributed by atoms with E-state index in [-0.39, 0.29) is 16.6 Å². The van der Waals surface area contributed by atoms with Gasteiger partial charge in [-0.15, -0.1) is 0 Å². The molecule has 0 saturated heterocycles. The summed E-state index contributed by atoms with van der Waals surface area (Å²) in [4.78, 5) is 0. The van der Waals surface area contributed by atoms with Crippen LogP contribution in [-0.2, 0) is 0 Å². The van der Waals surface area contributed by atoms with Gasteiger partial charge >= 0.3 is 0 Å². The lowest BCUT2D eigenvalue weighted by molar-refractivity contribution is -0.0474. The smallest absolute Gasteiger partial charge is 0.119 e. The second-order valence-electron chi connectivity index (χ2n) is 7.71. The van der Waals surface area contributed by atoms with E-state index >= 15 is 0 Å². The molecule has 0 spiro atoms. The fourth-order valence-corrected chi connectivity index (χ4v) is 2.36. The van der Waals surface area contributed by atoms with Crippen LogP contribution >= 0.6 is 0 Å². The van der Waals surface area contributed by atoms with Crippen LogP contribution in [0, 0.1) is 10.8 Å². The lowest BCUT2D eigenvalue weighted by Gasteiger charge is -2.40. The number of benzene rings is 1. The Morgan fingerprint density at radius 1 is 0.800 bits per heavy atom. The summed E-state index contributed by atoms with van der Waals surface area (Å²) in [5.41, 5.74) is -0.185. The van der Waals surface area contributed by atoms with E-state index in [0.29, 0.717) is 5.56 Å². The fraction of sp³-hybridized carbons (Fsp3) is 0.647. The molecule has 0 amide bonds. The fourth-order valence-electron chi connectivity index (χ4n) is 2.36. The first-order chi connectivity index (χ1) is 8.96. The zero-order valence-electron chi connectivity index (χ0n) is 13.4. The molecule has 20 heavy (non-hydrogen) atoms. The van der Waals surface area contributed by atoms with Crippen LogP contribution in [0.1, 0.15) is 53.0 Å². The topological polar surface area (TPSA) is 60.7 Å². The normalized spacial score (nSPS) is 17.6. The van der Waals surface area contributed by atoms with Crippen molar-refractivity contribution in [3.63, 3.8) is 0 Å². The average Bonchev–Trinajstić information content (AvgIpc) is 2.29. The lowest BCUT2D eigenvalue weighted by atomic mass is 9.69. The number of rotatable bonds is 3. The van der Waals surface area contributed by atoms with Crippen molar-refractivity contribution in [2.45, 2.75) is 59.7 Å². The van der Waals surface area contributed by atoms with Crippen LogP contribution < -0.4 is 0 Å². The van der Waals surface area contributed by atoms with Gasteiger partial charge in [0, 0.05) is 11.5 Å². The van der Waals surface area contributed by atoms with Crippen molar-refractivity contribution in [3.8, 4) is 5.75 Å². The molecular formula is C17H28O3. The van der Waals surface area contributed by atoms with Gasteiger partial charge < -0.3 is 15.3 Å². The zero-order valence-corrected chi connectivity index (χ0v) is 13.4. The van der Waals surface area contributed by atoms with Gasteiger partial charge in [0.15, 0.2) is 0 Å². The van der Waals surface area contributed by atoms with Crippen LogP contribution in [0.4, 0.5) is 0 Å². The molecule has 0 bridgehead atoms. The molecule has 2 atom stereocenters. The van der Waals surface area contributed by atoms with E-state index in [4.69, 9.17) is 0 Å². The number of aliphatic hydroxyl groups is 2. The number of para-hydroxylation sites is 1. The molecule has 0 aliphatic carbocycles. The van der Waals surface area contributed by atoms with Crippen LogP contribution in [0.5, 0.6) is 5.75 Å². The first-order valence-electron chi connectivity index (χ1n) is 7.10. The molecule has 114 valence electrons. The molecule has 0 aromatic heterocycles. The first-order valence-corrected chi connectivity index (χ1v) is 7.10. The van der Waals surface area contributed by atoms with Gasteiger partial charge in [-0.25, -0.2) is 0 Å². The Labute approximate surface area is 122 Å². The van der Waals surface area contributed by atoms with Crippen molar-refractivity contribution in [2.24, 2.45) is 10.8 Å². The summed E-state index contributed by atoms with van der Waals surface area (Å²) in [5.74, 6) is -0.416. The van der Waals surface area contributed by atoms with Crippen molar-refractivity contribution in [2.75, 3.05) is 0 Å². The number of hydrogen-bond donors (Lipinski definition) is 3. The maximum absolute atomic E-state index is 10.7. The molecule has 3 N–H and O–H groups in total. The van der Waals surface area contributed by atoms with Crippen molar-refractivity contribution < 1.29 is 15.3 Å². The predicted molar refractivity (Wildman–Crippen MR) is 81.8 cm³/mol. The van der Waals surface area contributed by atoms with Crippen molar-refractivity contribution in [3.05, 3.63) is 29.8 Å². The molecule has 3 nitrogen and oxygen atoms in total. The molecule has 1 aromatic rings. The molecule has 1 aromatic carbocycles. The molecule has 0 aliphatic rings. The summed E-state index contributed by atoms with van der Waals surface area (Å²) in [6, 6.07) is 6.91. The number of aromatic hydroxyl groups is 1.